The van der Waals surface area contributed by atoms with Crippen molar-refractivity contribution >= 4 is 5.97 Å². The van der Waals surface area contributed by atoms with Crippen LogP contribution in [0.25, 0.3) is 0 Å². The van der Waals surface area contributed by atoms with Crippen LogP contribution in [0.4, 0.5) is 0 Å². The van der Waals surface area contributed by atoms with Gasteiger partial charge in [0, 0.05) is 0 Å². The minimum absolute atomic E-state index is 0.400. The van der Waals surface area contributed by atoms with Gasteiger partial charge in [0.1, 0.15) is 0 Å². The second kappa shape index (κ2) is 5.70. The predicted molar refractivity (Wildman–Crippen MR) is 66.4 cm³/mol. The normalized spacial score (nSPS) is 30.6. The van der Waals surface area contributed by atoms with E-state index in [0.29, 0.717) is 11.8 Å². The molecule has 94 valence electrons. The molecule has 0 aromatic rings. The largest absolute Gasteiger partial charge is 0.481 e. The van der Waals surface area contributed by atoms with Crippen molar-refractivity contribution in [3.63, 3.8) is 0 Å². The van der Waals surface area contributed by atoms with E-state index >= 15 is 0 Å². The van der Waals surface area contributed by atoms with Gasteiger partial charge in [0.25, 0.3) is 0 Å². The molecule has 0 heterocycles. The fourth-order valence-electron chi connectivity index (χ4n) is 2.95. The molecule has 1 saturated carbocycles. The Morgan fingerprint density at radius 1 is 1.31 bits per heavy atom. The van der Waals surface area contributed by atoms with Crippen LogP contribution in [0, 0.1) is 17.3 Å². The van der Waals surface area contributed by atoms with Crippen LogP contribution in [-0.4, -0.2) is 11.1 Å². The van der Waals surface area contributed by atoms with Gasteiger partial charge in [-0.1, -0.05) is 33.6 Å². The number of hydrogen-bond donors (Lipinski definition) is 1. The lowest BCUT2D eigenvalue weighted by Gasteiger charge is -2.38. The quantitative estimate of drug-likeness (QED) is 0.766. The maximum absolute atomic E-state index is 11.6. The first kappa shape index (κ1) is 13.5. The van der Waals surface area contributed by atoms with Crippen molar-refractivity contribution in [1.82, 2.24) is 0 Å². The molecule has 1 rings (SSSR count). The molecule has 0 aromatic carbocycles. The van der Waals surface area contributed by atoms with E-state index in [0.717, 1.165) is 44.9 Å². The van der Waals surface area contributed by atoms with Gasteiger partial charge in [-0.3, -0.25) is 4.79 Å². The molecule has 16 heavy (non-hydrogen) atoms. The van der Waals surface area contributed by atoms with Gasteiger partial charge in [-0.2, -0.15) is 0 Å². The number of carbonyl (C=O) groups is 1. The maximum Gasteiger partial charge on any atom is 0.309 e. The average Bonchev–Trinajstić information content (AvgIpc) is 2.28. The summed E-state index contributed by atoms with van der Waals surface area (Å²) in [5.74, 6) is 0.755. The molecule has 2 nitrogen and oxygen atoms in total. The van der Waals surface area contributed by atoms with E-state index in [1.54, 1.807) is 0 Å². The molecule has 0 aliphatic heterocycles. The maximum atomic E-state index is 11.6. The highest BCUT2D eigenvalue weighted by Gasteiger charge is 2.41. The SMILES string of the molecule is CCC(CC)CC1(C(=O)O)CCC(C)CC1. The summed E-state index contributed by atoms with van der Waals surface area (Å²) in [6.07, 6.45) is 7.07. The average molecular weight is 226 g/mol. The number of rotatable bonds is 5. The minimum Gasteiger partial charge on any atom is -0.481 e. The summed E-state index contributed by atoms with van der Waals surface area (Å²) in [6.45, 7) is 6.59. The Bertz CT molecular complexity index is 223. The molecule has 2 heteroatoms. The minimum atomic E-state index is -0.550. The standard InChI is InChI=1S/C14H26O2/c1-4-12(5-2)10-14(13(15)16)8-6-11(3)7-9-14/h11-12H,4-10H2,1-3H3,(H,15,16). The topological polar surface area (TPSA) is 37.3 Å². The van der Waals surface area contributed by atoms with Crippen molar-refractivity contribution in [1.29, 1.82) is 0 Å². The lowest BCUT2D eigenvalue weighted by atomic mass is 9.66. The van der Waals surface area contributed by atoms with Crippen LogP contribution in [0.3, 0.4) is 0 Å². The van der Waals surface area contributed by atoms with Crippen molar-refractivity contribution in [3.05, 3.63) is 0 Å². The highest BCUT2D eigenvalue weighted by atomic mass is 16.4. The van der Waals surface area contributed by atoms with Crippen LogP contribution in [0.1, 0.15) is 65.7 Å². The molecule has 0 spiro atoms. The van der Waals surface area contributed by atoms with Crippen LogP contribution in [0.5, 0.6) is 0 Å². The molecule has 1 aliphatic carbocycles. The first-order valence-electron chi connectivity index (χ1n) is 6.77. The zero-order valence-corrected chi connectivity index (χ0v) is 11.0. The number of hydrogen-bond acceptors (Lipinski definition) is 1. The summed E-state index contributed by atoms with van der Waals surface area (Å²) in [6, 6.07) is 0. The van der Waals surface area contributed by atoms with Gasteiger partial charge in [0.05, 0.1) is 5.41 Å². The molecule has 1 fully saturated rings. The van der Waals surface area contributed by atoms with Gasteiger partial charge in [0.15, 0.2) is 0 Å². The first-order chi connectivity index (χ1) is 7.54. The van der Waals surface area contributed by atoms with Crippen LogP contribution < -0.4 is 0 Å². The lowest BCUT2D eigenvalue weighted by Crippen LogP contribution is -2.36. The van der Waals surface area contributed by atoms with E-state index in [2.05, 4.69) is 20.8 Å². The van der Waals surface area contributed by atoms with E-state index in [1.165, 1.54) is 0 Å². The van der Waals surface area contributed by atoms with Gasteiger partial charge >= 0.3 is 5.97 Å². The van der Waals surface area contributed by atoms with E-state index in [-0.39, 0.29) is 0 Å². The molecule has 0 bridgehead atoms. The Labute approximate surface area is 99.4 Å². The van der Waals surface area contributed by atoms with Crippen molar-refractivity contribution in [2.75, 3.05) is 0 Å². The number of aliphatic carboxylic acids is 1. The summed E-state index contributed by atoms with van der Waals surface area (Å²) < 4.78 is 0. The summed E-state index contributed by atoms with van der Waals surface area (Å²) in [7, 11) is 0. The number of carboxylic acid groups (broad SMARTS) is 1. The van der Waals surface area contributed by atoms with Gasteiger partial charge in [-0.05, 0) is 43.9 Å². The van der Waals surface area contributed by atoms with E-state index in [4.69, 9.17) is 0 Å². The summed E-state index contributed by atoms with van der Waals surface area (Å²) in [4.78, 5) is 11.6. The third kappa shape index (κ3) is 2.99. The van der Waals surface area contributed by atoms with E-state index < -0.39 is 11.4 Å². The van der Waals surface area contributed by atoms with Crippen molar-refractivity contribution in [3.8, 4) is 0 Å². The fraction of sp³-hybridized carbons (Fsp3) is 0.929. The Morgan fingerprint density at radius 3 is 2.19 bits per heavy atom. The zero-order valence-electron chi connectivity index (χ0n) is 11.0. The molecule has 0 amide bonds. The monoisotopic (exact) mass is 226 g/mol. The predicted octanol–water partition coefficient (Wildman–Crippen LogP) is 4.09. The Hall–Kier alpha value is -0.530. The Kier molecular flexibility index (Phi) is 4.82. The molecule has 0 saturated heterocycles. The molecular weight excluding hydrogens is 200 g/mol. The van der Waals surface area contributed by atoms with Gasteiger partial charge in [-0.15, -0.1) is 0 Å². The van der Waals surface area contributed by atoms with Gasteiger partial charge < -0.3 is 5.11 Å². The van der Waals surface area contributed by atoms with E-state index in [1.807, 2.05) is 0 Å². The van der Waals surface area contributed by atoms with Gasteiger partial charge in [-0.25, -0.2) is 0 Å². The zero-order chi connectivity index (χ0) is 12.2. The first-order valence-corrected chi connectivity index (χ1v) is 6.77. The summed E-state index contributed by atoms with van der Waals surface area (Å²) in [5, 5.41) is 9.51. The van der Waals surface area contributed by atoms with E-state index in [9.17, 15) is 9.90 Å². The number of carboxylic acids is 1. The molecular formula is C14H26O2. The Balaban J connectivity index is 2.69. The third-order valence-corrected chi connectivity index (χ3v) is 4.52. The van der Waals surface area contributed by atoms with Crippen LogP contribution in [0.2, 0.25) is 0 Å². The molecule has 0 radical (unpaired) electrons. The lowest BCUT2D eigenvalue weighted by molar-refractivity contribution is -0.153. The second-order valence-corrected chi connectivity index (χ2v) is 5.65. The highest BCUT2D eigenvalue weighted by molar-refractivity contribution is 5.74. The van der Waals surface area contributed by atoms with Crippen molar-refractivity contribution < 1.29 is 9.90 Å². The molecule has 0 atom stereocenters. The molecule has 0 aromatic heterocycles. The smallest absolute Gasteiger partial charge is 0.309 e. The van der Waals surface area contributed by atoms with Crippen LogP contribution in [-0.2, 0) is 4.79 Å². The summed E-state index contributed by atoms with van der Waals surface area (Å²) >= 11 is 0. The van der Waals surface area contributed by atoms with Crippen LogP contribution in [0.15, 0.2) is 0 Å². The highest BCUT2D eigenvalue weighted by Crippen LogP contribution is 2.44. The molecule has 0 unspecified atom stereocenters. The third-order valence-electron chi connectivity index (χ3n) is 4.52. The molecule has 1 aliphatic rings. The fourth-order valence-corrected chi connectivity index (χ4v) is 2.95. The Morgan fingerprint density at radius 2 is 1.81 bits per heavy atom. The van der Waals surface area contributed by atoms with Crippen LogP contribution >= 0.6 is 0 Å². The van der Waals surface area contributed by atoms with Crippen molar-refractivity contribution in [2.45, 2.75) is 65.7 Å². The summed E-state index contributed by atoms with van der Waals surface area (Å²) in [5.41, 5.74) is -0.400. The second-order valence-electron chi connectivity index (χ2n) is 5.65. The molecule has 1 N–H and O–H groups in total. The van der Waals surface area contributed by atoms with Gasteiger partial charge in [0.2, 0.25) is 0 Å². The van der Waals surface area contributed by atoms with Crippen molar-refractivity contribution in [2.24, 2.45) is 17.3 Å².